The van der Waals surface area contributed by atoms with E-state index in [9.17, 15) is 19.8 Å². The van der Waals surface area contributed by atoms with Crippen molar-refractivity contribution in [3.8, 4) is 11.5 Å². The quantitative estimate of drug-likeness (QED) is 0.0710. The molecule has 6 N–H and O–H groups in total. The van der Waals surface area contributed by atoms with Gasteiger partial charge in [0, 0.05) is 65.6 Å². The van der Waals surface area contributed by atoms with Crippen molar-refractivity contribution in [2.75, 3.05) is 41.3 Å². The molecule has 4 rings (SSSR count). The van der Waals surface area contributed by atoms with Gasteiger partial charge in [-0.2, -0.15) is 0 Å². The van der Waals surface area contributed by atoms with Crippen LogP contribution in [0.3, 0.4) is 0 Å². The molecule has 0 bridgehead atoms. The summed E-state index contributed by atoms with van der Waals surface area (Å²) in [6.45, 7) is 17.4. The van der Waals surface area contributed by atoms with Gasteiger partial charge in [0.25, 0.3) is 0 Å². The number of aliphatic carboxylic acids is 1. The molecule has 2 heterocycles. The lowest BCUT2D eigenvalue weighted by Crippen LogP contribution is -2.42. The van der Waals surface area contributed by atoms with Crippen LogP contribution in [0.2, 0.25) is 0 Å². The van der Waals surface area contributed by atoms with Crippen LogP contribution in [-0.4, -0.2) is 100 Å². The third-order valence-corrected chi connectivity index (χ3v) is 12.6. The maximum Gasteiger partial charge on any atom is 0.303 e. The Morgan fingerprint density at radius 3 is 1.40 bits per heavy atom. The number of likely N-dealkylation sites (N-methyl/N-ethyl adjacent to an activating group) is 2. The van der Waals surface area contributed by atoms with E-state index in [1.165, 1.54) is 16.0 Å². The Balaban J connectivity index is 0.000000326. The number of hydrogen-bond donors (Lipinski definition) is 5. The van der Waals surface area contributed by atoms with Crippen molar-refractivity contribution in [3.05, 3.63) is 89.8 Å². The first-order valence-corrected chi connectivity index (χ1v) is 21.4. The average Bonchev–Trinajstić information content (AvgIpc) is 3.76. The van der Waals surface area contributed by atoms with Crippen molar-refractivity contribution in [3.63, 3.8) is 0 Å². The number of thiazole rings is 2. The minimum Gasteiger partial charge on any atom is -0.508 e. The van der Waals surface area contributed by atoms with Crippen LogP contribution in [0.1, 0.15) is 105 Å². The SMILES string of the molecule is CC[C@H](CC(=O)NC[C@H](Cc1c(C)cc(O)cc1C)N(C)C)c1cnc(C)s1.CC[C@H](CC(=O)O)c1cnc(C)s1.Cc1cc(O)cc(C)c1C[C@@H](CN)N(C)C. The molecular formula is C44H68N6O5S2. The molecule has 4 aromatic rings. The van der Waals surface area contributed by atoms with E-state index >= 15 is 0 Å². The average molecular weight is 825 g/mol. The predicted octanol–water partition coefficient (Wildman–Crippen LogP) is 7.81. The summed E-state index contributed by atoms with van der Waals surface area (Å²) in [4.78, 5) is 38.1. The molecule has 13 heteroatoms. The summed E-state index contributed by atoms with van der Waals surface area (Å²) >= 11 is 3.27. The Morgan fingerprint density at radius 1 is 0.702 bits per heavy atom. The van der Waals surface area contributed by atoms with Gasteiger partial charge in [0.1, 0.15) is 11.5 Å². The van der Waals surface area contributed by atoms with Crippen LogP contribution in [0.25, 0.3) is 0 Å². The second kappa shape index (κ2) is 24.1. The summed E-state index contributed by atoms with van der Waals surface area (Å²) in [6.07, 6.45) is 7.94. The van der Waals surface area contributed by atoms with Crippen LogP contribution in [0, 0.1) is 41.5 Å². The van der Waals surface area contributed by atoms with Gasteiger partial charge >= 0.3 is 5.97 Å². The summed E-state index contributed by atoms with van der Waals surface area (Å²) in [6, 6.07) is 7.77. The zero-order valence-corrected chi connectivity index (χ0v) is 37.9. The van der Waals surface area contributed by atoms with Crippen LogP contribution in [0.4, 0.5) is 0 Å². The highest BCUT2D eigenvalue weighted by molar-refractivity contribution is 7.11. The zero-order chi connectivity index (χ0) is 43.0. The molecule has 0 radical (unpaired) electrons. The molecule has 11 nitrogen and oxygen atoms in total. The largest absolute Gasteiger partial charge is 0.508 e. The van der Waals surface area contributed by atoms with E-state index in [1.54, 1.807) is 41.0 Å². The molecule has 316 valence electrons. The van der Waals surface area contributed by atoms with Gasteiger partial charge in [-0.05, 0) is 153 Å². The zero-order valence-electron chi connectivity index (χ0n) is 36.3. The molecule has 0 aliphatic heterocycles. The number of phenolic OH excluding ortho intramolecular Hbond substituents is 2. The Bertz CT molecular complexity index is 1810. The molecule has 4 atom stereocenters. The summed E-state index contributed by atoms with van der Waals surface area (Å²) < 4.78 is 0. The van der Waals surface area contributed by atoms with Crippen molar-refractivity contribution in [1.82, 2.24) is 25.1 Å². The van der Waals surface area contributed by atoms with Crippen molar-refractivity contribution in [1.29, 1.82) is 0 Å². The number of amides is 1. The smallest absolute Gasteiger partial charge is 0.303 e. The van der Waals surface area contributed by atoms with E-state index < -0.39 is 5.97 Å². The van der Waals surface area contributed by atoms with Crippen LogP contribution >= 0.6 is 22.7 Å². The fourth-order valence-electron chi connectivity index (χ4n) is 6.73. The second-order valence-corrected chi connectivity index (χ2v) is 17.9. The molecule has 57 heavy (non-hydrogen) atoms. The number of nitrogens with two attached hydrogens (primary N) is 1. The first-order chi connectivity index (χ1) is 26.8. The third kappa shape index (κ3) is 16.5. The normalized spacial score (nSPS) is 13.2. The number of aryl methyl sites for hydroxylation is 6. The summed E-state index contributed by atoms with van der Waals surface area (Å²) in [7, 11) is 8.17. The molecule has 0 spiro atoms. The number of carboxylic acids is 1. The Hall–Kier alpha value is -3.88. The van der Waals surface area contributed by atoms with E-state index in [1.807, 2.05) is 95.0 Å². The first-order valence-electron chi connectivity index (χ1n) is 19.7. The highest BCUT2D eigenvalue weighted by Gasteiger charge is 2.20. The number of nitrogens with one attached hydrogen (secondary N) is 1. The minimum atomic E-state index is -0.738. The van der Waals surface area contributed by atoms with Gasteiger partial charge in [-0.15, -0.1) is 22.7 Å². The molecule has 0 aliphatic carbocycles. The number of carbonyl (C=O) groups excluding carboxylic acids is 1. The second-order valence-electron chi connectivity index (χ2n) is 15.4. The Labute approximate surface area is 349 Å². The van der Waals surface area contributed by atoms with Gasteiger partial charge < -0.3 is 36.2 Å². The molecule has 2 aromatic heterocycles. The molecule has 0 fully saturated rings. The van der Waals surface area contributed by atoms with Crippen LogP contribution in [0.15, 0.2) is 36.7 Å². The number of benzene rings is 2. The fourth-order valence-corrected chi connectivity index (χ4v) is 8.67. The number of carbonyl (C=O) groups is 2. The third-order valence-electron chi connectivity index (χ3n) is 10.4. The lowest BCUT2D eigenvalue weighted by Gasteiger charge is -2.26. The topological polar surface area (TPSA) is 165 Å². The van der Waals surface area contributed by atoms with Gasteiger partial charge in [-0.1, -0.05) is 13.8 Å². The standard InChI is InChI=1S/C22H33N3O2S.C13H22N2O.C9H13NO2S/c1-7-17(21-13-23-16(4)28-21)10-22(27)24-12-18(25(5)6)11-20-14(2)8-19(26)9-15(20)3;1-9-5-12(16)6-10(2)13(9)7-11(8-14)15(3)4;1-3-7(4-9(11)12)8-5-10-6(2)13-8/h8-9,13,17-18,26H,7,10-12H2,1-6H3,(H,24,27);5-6,11,16H,7-8,14H2,1-4H3;5,7H,3-4H2,1-2H3,(H,11,12)/t17-,18+;11-;7-/m101/s1. The van der Waals surface area contributed by atoms with Crippen molar-refractivity contribution < 1.29 is 24.9 Å². The number of phenols is 2. The van der Waals surface area contributed by atoms with Crippen LogP contribution in [0.5, 0.6) is 11.5 Å². The predicted molar refractivity (Wildman–Crippen MR) is 236 cm³/mol. The highest BCUT2D eigenvalue weighted by Crippen LogP contribution is 2.29. The molecule has 0 aliphatic rings. The van der Waals surface area contributed by atoms with Crippen molar-refractivity contribution in [2.45, 2.75) is 118 Å². The van der Waals surface area contributed by atoms with Gasteiger partial charge in [0.15, 0.2) is 0 Å². The van der Waals surface area contributed by atoms with Gasteiger partial charge in [0.2, 0.25) is 5.91 Å². The summed E-state index contributed by atoms with van der Waals surface area (Å²) in [5, 5.41) is 33.1. The fraction of sp³-hybridized carbons (Fsp3) is 0.545. The minimum absolute atomic E-state index is 0.0869. The van der Waals surface area contributed by atoms with E-state index in [0.29, 0.717) is 37.1 Å². The lowest BCUT2D eigenvalue weighted by atomic mass is 9.95. The maximum absolute atomic E-state index is 12.6. The monoisotopic (exact) mass is 824 g/mol. The van der Waals surface area contributed by atoms with E-state index in [-0.39, 0.29) is 30.2 Å². The summed E-state index contributed by atoms with van der Waals surface area (Å²) in [5.74, 6) is 0.348. The molecule has 0 saturated heterocycles. The number of rotatable bonds is 17. The van der Waals surface area contributed by atoms with Crippen molar-refractivity contribution in [2.24, 2.45) is 5.73 Å². The first kappa shape index (κ1) is 49.3. The maximum atomic E-state index is 12.6. The highest BCUT2D eigenvalue weighted by atomic mass is 32.1. The van der Waals surface area contributed by atoms with E-state index in [0.717, 1.165) is 62.8 Å². The molecule has 0 saturated carbocycles. The number of nitrogens with zero attached hydrogens (tertiary/aromatic N) is 4. The van der Waals surface area contributed by atoms with Gasteiger partial charge in [-0.25, -0.2) is 9.97 Å². The van der Waals surface area contributed by atoms with E-state index in [2.05, 4.69) is 32.0 Å². The van der Waals surface area contributed by atoms with Gasteiger partial charge in [-0.3, -0.25) is 9.59 Å². The molecular weight excluding hydrogens is 757 g/mol. The molecule has 1 amide bonds. The van der Waals surface area contributed by atoms with Crippen molar-refractivity contribution >= 4 is 34.6 Å². The molecule has 0 unspecified atom stereocenters. The Morgan fingerprint density at radius 2 is 1.09 bits per heavy atom. The number of aromatic hydroxyl groups is 2. The summed E-state index contributed by atoms with van der Waals surface area (Å²) in [5.41, 5.74) is 12.7. The Kier molecular flexibility index (Phi) is 20.9. The number of hydrogen-bond acceptors (Lipinski definition) is 11. The van der Waals surface area contributed by atoms with E-state index in [4.69, 9.17) is 10.8 Å². The van der Waals surface area contributed by atoms with Gasteiger partial charge in [0.05, 0.1) is 16.4 Å². The number of carboxylic acid groups (broad SMARTS) is 1. The number of aromatic nitrogens is 2. The van der Waals surface area contributed by atoms with Crippen LogP contribution < -0.4 is 11.1 Å². The van der Waals surface area contributed by atoms with Crippen LogP contribution in [-0.2, 0) is 22.4 Å². The lowest BCUT2D eigenvalue weighted by molar-refractivity contribution is -0.137. The molecule has 2 aromatic carbocycles.